The molecule has 2 aliphatic heterocycles. The maximum atomic E-state index is 12.6. The first-order valence-corrected chi connectivity index (χ1v) is 10.8. The van der Waals surface area contributed by atoms with E-state index >= 15 is 0 Å². The zero-order valence-electron chi connectivity index (χ0n) is 17.2. The predicted molar refractivity (Wildman–Crippen MR) is 113 cm³/mol. The summed E-state index contributed by atoms with van der Waals surface area (Å²) in [5.41, 5.74) is 3.82. The van der Waals surface area contributed by atoms with Gasteiger partial charge in [0.2, 0.25) is 0 Å². The van der Waals surface area contributed by atoms with Gasteiger partial charge in [0.25, 0.3) is 5.91 Å². The van der Waals surface area contributed by atoms with Gasteiger partial charge in [-0.3, -0.25) is 4.79 Å². The van der Waals surface area contributed by atoms with E-state index in [1.807, 2.05) is 12.1 Å². The van der Waals surface area contributed by atoms with Gasteiger partial charge in [0.1, 0.15) is 6.04 Å². The fraction of sp³-hybridized carbons (Fsp3) is 0.458. The van der Waals surface area contributed by atoms with Crippen LogP contribution in [0.3, 0.4) is 0 Å². The van der Waals surface area contributed by atoms with Crippen molar-refractivity contribution in [3.63, 3.8) is 0 Å². The summed E-state index contributed by atoms with van der Waals surface area (Å²) in [6, 6.07) is 15.0. The van der Waals surface area contributed by atoms with E-state index in [-0.39, 0.29) is 5.91 Å². The van der Waals surface area contributed by atoms with Crippen molar-refractivity contribution in [3.05, 3.63) is 59.2 Å². The van der Waals surface area contributed by atoms with E-state index in [4.69, 9.17) is 9.47 Å². The largest absolute Gasteiger partial charge is 0.490 e. The second-order valence-electron chi connectivity index (χ2n) is 8.06. The van der Waals surface area contributed by atoms with Gasteiger partial charge in [0.15, 0.2) is 18.0 Å². The first kappa shape index (κ1) is 19.8. The molecule has 0 aromatic heterocycles. The van der Waals surface area contributed by atoms with Crippen LogP contribution >= 0.6 is 0 Å². The van der Waals surface area contributed by atoms with Crippen molar-refractivity contribution in [2.75, 3.05) is 32.8 Å². The normalized spacial score (nSPS) is 20.9. The smallest absolute Gasteiger partial charge is 0.275 e. The number of hydrogen-bond donors (Lipinski definition) is 2. The average molecular weight is 396 g/mol. The molecule has 1 unspecified atom stereocenters. The topological polar surface area (TPSA) is 52.0 Å². The fourth-order valence-electron chi connectivity index (χ4n) is 4.42. The third-order valence-electron chi connectivity index (χ3n) is 6.02. The minimum atomic E-state index is 0.134. The van der Waals surface area contributed by atoms with Gasteiger partial charge >= 0.3 is 0 Å². The summed E-state index contributed by atoms with van der Waals surface area (Å²) in [5.74, 6) is 1.81. The van der Waals surface area contributed by atoms with Crippen LogP contribution in [0.15, 0.2) is 42.5 Å². The minimum Gasteiger partial charge on any atom is -0.490 e. The number of carbonyl (C=O) groups is 1. The summed E-state index contributed by atoms with van der Waals surface area (Å²) in [6.45, 7) is 5.76. The van der Waals surface area contributed by atoms with E-state index in [2.05, 4.69) is 42.6 Å². The molecule has 2 atom stereocenters. The molecule has 2 heterocycles. The molecule has 154 valence electrons. The van der Waals surface area contributed by atoms with Crippen LogP contribution in [-0.4, -0.2) is 38.8 Å². The highest BCUT2D eigenvalue weighted by atomic mass is 16.5. The van der Waals surface area contributed by atoms with Crippen LogP contribution in [-0.2, 0) is 11.2 Å². The zero-order chi connectivity index (χ0) is 20.1. The lowest BCUT2D eigenvalue weighted by Crippen LogP contribution is -3.11. The molecule has 29 heavy (non-hydrogen) atoms. The molecule has 0 spiro atoms. The summed E-state index contributed by atoms with van der Waals surface area (Å²) >= 11 is 0. The van der Waals surface area contributed by atoms with Gasteiger partial charge in [0, 0.05) is 31.4 Å². The standard InChI is InChI=1S/C24H30N2O3/c1-18-6-2-3-7-19(18)11-12-25-24(27)17-26-13-4-8-21(26)20-9-10-22-23(16-20)29-15-5-14-28-22/h2-3,6-7,9-10,16,21H,4-5,8,11-15,17H2,1H3,(H,25,27)/p+1/t21-/m0/s1. The number of benzene rings is 2. The molecule has 2 aromatic rings. The van der Waals surface area contributed by atoms with Crippen LogP contribution in [0.1, 0.15) is 42.0 Å². The molecule has 1 saturated heterocycles. The van der Waals surface area contributed by atoms with Crippen LogP contribution in [0.25, 0.3) is 0 Å². The van der Waals surface area contributed by atoms with Crippen molar-refractivity contribution in [1.29, 1.82) is 0 Å². The van der Waals surface area contributed by atoms with Gasteiger partial charge in [-0.25, -0.2) is 0 Å². The maximum Gasteiger partial charge on any atom is 0.275 e. The van der Waals surface area contributed by atoms with Crippen LogP contribution in [0.2, 0.25) is 0 Å². The van der Waals surface area contributed by atoms with Crippen LogP contribution in [0, 0.1) is 6.92 Å². The van der Waals surface area contributed by atoms with Crippen molar-refractivity contribution in [2.45, 2.75) is 38.6 Å². The van der Waals surface area contributed by atoms with E-state index in [1.165, 1.54) is 21.6 Å². The molecule has 1 fully saturated rings. The molecular formula is C24H31N2O3+. The highest BCUT2D eigenvalue weighted by Crippen LogP contribution is 2.33. The average Bonchev–Trinajstić information content (AvgIpc) is 3.04. The summed E-state index contributed by atoms with van der Waals surface area (Å²) in [6.07, 6.45) is 4.03. The Morgan fingerprint density at radius 2 is 1.93 bits per heavy atom. The number of aryl methyl sites for hydroxylation is 1. The van der Waals surface area contributed by atoms with Gasteiger partial charge < -0.3 is 19.7 Å². The molecule has 4 rings (SSSR count). The molecule has 5 nitrogen and oxygen atoms in total. The van der Waals surface area contributed by atoms with Crippen LogP contribution in [0.5, 0.6) is 11.5 Å². The number of rotatable bonds is 6. The number of quaternary nitrogens is 1. The Bertz CT molecular complexity index is 852. The van der Waals surface area contributed by atoms with Crippen molar-refractivity contribution in [1.82, 2.24) is 5.32 Å². The van der Waals surface area contributed by atoms with Gasteiger partial charge in [-0.05, 0) is 42.7 Å². The lowest BCUT2D eigenvalue weighted by atomic mass is 10.0. The third-order valence-corrected chi connectivity index (χ3v) is 6.02. The first-order chi connectivity index (χ1) is 14.2. The van der Waals surface area contributed by atoms with Gasteiger partial charge in [0.05, 0.1) is 19.8 Å². The number of carbonyl (C=O) groups excluding carboxylic acids is 1. The Hall–Kier alpha value is -2.53. The fourth-order valence-corrected chi connectivity index (χ4v) is 4.42. The summed E-state index contributed by atoms with van der Waals surface area (Å²) < 4.78 is 11.6. The molecule has 5 heteroatoms. The molecular weight excluding hydrogens is 364 g/mol. The van der Waals surface area contributed by atoms with E-state index in [9.17, 15) is 4.79 Å². The van der Waals surface area contributed by atoms with Crippen molar-refractivity contribution in [3.8, 4) is 11.5 Å². The molecule has 2 N–H and O–H groups in total. The van der Waals surface area contributed by atoms with Gasteiger partial charge in [-0.1, -0.05) is 24.3 Å². The monoisotopic (exact) mass is 395 g/mol. The minimum absolute atomic E-state index is 0.134. The van der Waals surface area contributed by atoms with Crippen LogP contribution in [0.4, 0.5) is 0 Å². The Morgan fingerprint density at radius 1 is 1.10 bits per heavy atom. The zero-order valence-corrected chi connectivity index (χ0v) is 17.2. The van der Waals surface area contributed by atoms with E-state index in [0.717, 1.165) is 43.7 Å². The molecule has 0 aliphatic carbocycles. The molecule has 0 bridgehead atoms. The molecule has 0 saturated carbocycles. The Morgan fingerprint density at radius 3 is 2.79 bits per heavy atom. The van der Waals surface area contributed by atoms with Gasteiger partial charge in [-0.2, -0.15) is 0 Å². The van der Waals surface area contributed by atoms with E-state index in [1.54, 1.807) is 0 Å². The Kier molecular flexibility index (Phi) is 6.35. The SMILES string of the molecule is Cc1ccccc1CCNC(=O)C[NH+]1CCC[C@H]1c1ccc2c(c1)OCCCO2. The van der Waals surface area contributed by atoms with E-state index in [0.29, 0.717) is 32.3 Å². The molecule has 1 amide bonds. The lowest BCUT2D eigenvalue weighted by molar-refractivity contribution is -0.910. The highest BCUT2D eigenvalue weighted by Gasteiger charge is 2.32. The highest BCUT2D eigenvalue weighted by molar-refractivity contribution is 5.76. The Balaban J connectivity index is 1.33. The van der Waals surface area contributed by atoms with Crippen LogP contribution < -0.4 is 19.7 Å². The quantitative estimate of drug-likeness (QED) is 0.789. The number of likely N-dealkylation sites (tertiary alicyclic amines) is 1. The number of ether oxygens (including phenoxy) is 2. The van der Waals surface area contributed by atoms with Crippen molar-refractivity contribution in [2.24, 2.45) is 0 Å². The lowest BCUT2D eigenvalue weighted by Gasteiger charge is -2.22. The maximum absolute atomic E-state index is 12.6. The first-order valence-electron chi connectivity index (χ1n) is 10.8. The van der Waals surface area contributed by atoms with E-state index < -0.39 is 0 Å². The van der Waals surface area contributed by atoms with Crippen molar-refractivity contribution >= 4 is 5.91 Å². The summed E-state index contributed by atoms with van der Waals surface area (Å²) in [4.78, 5) is 13.9. The second kappa shape index (κ2) is 9.31. The molecule has 2 aromatic carbocycles. The summed E-state index contributed by atoms with van der Waals surface area (Å²) in [5, 5.41) is 3.11. The second-order valence-corrected chi connectivity index (χ2v) is 8.06. The third kappa shape index (κ3) is 4.91. The predicted octanol–water partition coefficient (Wildman–Crippen LogP) is 2.24. The summed E-state index contributed by atoms with van der Waals surface area (Å²) in [7, 11) is 0. The Labute approximate surface area is 173 Å². The van der Waals surface area contributed by atoms with Crippen molar-refractivity contribution < 1.29 is 19.2 Å². The number of amides is 1. The molecule has 2 aliphatic rings. The number of nitrogens with one attached hydrogen (secondary N) is 2. The van der Waals surface area contributed by atoms with Gasteiger partial charge in [-0.15, -0.1) is 0 Å². The number of fused-ring (bicyclic) bond motifs is 1. The molecule has 0 radical (unpaired) electrons. The number of hydrogen-bond acceptors (Lipinski definition) is 3.